The van der Waals surface area contributed by atoms with Crippen molar-refractivity contribution in [2.45, 2.75) is 59.2 Å². The Kier molecular flexibility index (Phi) is 7.26. The van der Waals surface area contributed by atoms with Crippen LogP contribution in [0, 0.1) is 0 Å². The van der Waals surface area contributed by atoms with Gasteiger partial charge in [-0.15, -0.1) is 0 Å². The van der Waals surface area contributed by atoms with Crippen LogP contribution in [0.1, 0.15) is 45.6 Å². The summed E-state index contributed by atoms with van der Waals surface area (Å²) in [6.45, 7) is 8.64. The van der Waals surface area contributed by atoms with Crippen molar-refractivity contribution in [2.75, 3.05) is 6.54 Å². The molecule has 0 saturated heterocycles. The lowest BCUT2D eigenvalue weighted by molar-refractivity contribution is -0.122. The molecule has 0 aromatic carbocycles. The van der Waals surface area contributed by atoms with E-state index in [9.17, 15) is 4.79 Å². The fourth-order valence-electron chi connectivity index (χ4n) is 2.09. The van der Waals surface area contributed by atoms with Gasteiger partial charge in [0.25, 0.3) is 0 Å². The summed E-state index contributed by atoms with van der Waals surface area (Å²) in [6.07, 6.45) is 7.26. The number of nitrogens with one attached hydrogen (secondary N) is 2. The molecule has 4 nitrogen and oxygen atoms in total. The van der Waals surface area contributed by atoms with Gasteiger partial charge >= 0.3 is 0 Å². The zero-order valence-corrected chi connectivity index (χ0v) is 12.4. The number of hydrogen-bond donors (Lipinski definition) is 2. The van der Waals surface area contributed by atoms with Crippen molar-refractivity contribution in [3.63, 3.8) is 0 Å². The van der Waals surface area contributed by atoms with Crippen LogP contribution in [0.4, 0.5) is 0 Å². The molecular formula is C15H27N3O. The van der Waals surface area contributed by atoms with Crippen LogP contribution in [0.15, 0.2) is 18.5 Å². The maximum Gasteiger partial charge on any atom is 0.240 e. The molecule has 0 fully saturated rings. The normalized spacial score (nSPS) is 12.4. The zero-order valence-electron chi connectivity index (χ0n) is 12.4. The van der Waals surface area contributed by atoms with Crippen LogP contribution in [-0.2, 0) is 17.9 Å². The van der Waals surface area contributed by atoms with Crippen molar-refractivity contribution in [3.8, 4) is 0 Å². The molecule has 1 atom stereocenters. The summed E-state index contributed by atoms with van der Waals surface area (Å²) in [5.74, 6) is 0.0876. The highest BCUT2D eigenvalue weighted by Gasteiger charge is 2.07. The smallest absolute Gasteiger partial charge is 0.240 e. The van der Waals surface area contributed by atoms with E-state index in [0.717, 1.165) is 32.4 Å². The first-order valence-electron chi connectivity index (χ1n) is 7.30. The van der Waals surface area contributed by atoms with E-state index in [4.69, 9.17) is 0 Å². The third kappa shape index (κ3) is 6.43. The molecule has 0 spiro atoms. The summed E-state index contributed by atoms with van der Waals surface area (Å²) in [5.41, 5.74) is 1.22. The second kappa shape index (κ2) is 8.75. The molecular weight excluding hydrogens is 238 g/mol. The highest BCUT2D eigenvalue weighted by atomic mass is 16.2. The van der Waals surface area contributed by atoms with Crippen LogP contribution in [0.2, 0.25) is 0 Å². The molecule has 0 aliphatic carbocycles. The predicted octanol–water partition coefficient (Wildman–Crippen LogP) is 2.29. The molecule has 19 heavy (non-hydrogen) atoms. The van der Waals surface area contributed by atoms with Crippen LogP contribution in [0.25, 0.3) is 0 Å². The van der Waals surface area contributed by atoms with Gasteiger partial charge in [0.2, 0.25) is 5.91 Å². The maximum absolute atomic E-state index is 11.8. The standard InChI is InChI=1S/C15H27N3O/c1-4-6-13(3)17-15(19)12-18-9-7-14(11-18)10-16-8-5-2/h7,9,11,13,16H,4-6,8,10,12H2,1-3H3,(H,17,19). The van der Waals surface area contributed by atoms with Gasteiger partial charge in [0.05, 0.1) is 0 Å². The lowest BCUT2D eigenvalue weighted by Gasteiger charge is -2.12. The number of hydrogen-bond acceptors (Lipinski definition) is 2. The van der Waals surface area contributed by atoms with Crippen molar-refractivity contribution in [1.29, 1.82) is 0 Å². The van der Waals surface area contributed by atoms with Gasteiger partial charge < -0.3 is 15.2 Å². The molecule has 0 saturated carbocycles. The van der Waals surface area contributed by atoms with Gasteiger partial charge in [-0.2, -0.15) is 0 Å². The summed E-state index contributed by atoms with van der Waals surface area (Å²) < 4.78 is 1.94. The number of carbonyl (C=O) groups excluding carboxylic acids is 1. The van der Waals surface area contributed by atoms with Crippen molar-refractivity contribution in [2.24, 2.45) is 0 Å². The Morgan fingerprint density at radius 1 is 1.37 bits per heavy atom. The number of rotatable bonds is 9. The topological polar surface area (TPSA) is 46.1 Å². The quantitative estimate of drug-likeness (QED) is 0.673. The minimum absolute atomic E-state index is 0.0876. The van der Waals surface area contributed by atoms with Crippen molar-refractivity contribution < 1.29 is 4.79 Å². The minimum Gasteiger partial charge on any atom is -0.352 e. The third-order valence-corrected chi connectivity index (χ3v) is 3.02. The van der Waals surface area contributed by atoms with Crippen LogP contribution in [0.5, 0.6) is 0 Å². The van der Waals surface area contributed by atoms with E-state index < -0.39 is 0 Å². The van der Waals surface area contributed by atoms with Crippen LogP contribution in [-0.4, -0.2) is 23.1 Å². The summed E-state index contributed by atoms with van der Waals surface area (Å²) in [7, 11) is 0. The van der Waals surface area contributed by atoms with E-state index in [1.54, 1.807) is 0 Å². The molecule has 2 N–H and O–H groups in total. The summed E-state index contributed by atoms with van der Waals surface area (Å²) in [4.78, 5) is 11.8. The fourth-order valence-corrected chi connectivity index (χ4v) is 2.09. The van der Waals surface area contributed by atoms with Gasteiger partial charge in [0.15, 0.2) is 0 Å². The van der Waals surface area contributed by atoms with E-state index >= 15 is 0 Å². The first-order chi connectivity index (χ1) is 9.15. The second-order valence-corrected chi connectivity index (χ2v) is 5.13. The molecule has 1 aromatic heterocycles. The van der Waals surface area contributed by atoms with Gasteiger partial charge in [-0.3, -0.25) is 4.79 Å². The molecule has 108 valence electrons. The molecule has 0 bridgehead atoms. The van der Waals surface area contributed by atoms with Crippen LogP contribution in [0.3, 0.4) is 0 Å². The minimum atomic E-state index is 0.0876. The highest BCUT2D eigenvalue weighted by molar-refractivity contribution is 5.76. The molecule has 1 heterocycles. The summed E-state index contributed by atoms with van der Waals surface area (Å²) >= 11 is 0. The Balaban J connectivity index is 2.34. The molecule has 1 rings (SSSR count). The van der Waals surface area contributed by atoms with E-state index in [1.807, 2.05) is 17.0 Å². The van der Waals surface area contributed by atoms with E-state index in [0.29, 0.717) is 6.54 Å². The van der Waals surface area contributed by atoms with Gasteiger partial charge in [0.1, 0.15) is 6.54 Å². The largest absolute Gasteiger partial charge is 0.352 e. The van der Waals surface area contributed by atoms with Crippen molar-refractivity contribution in [3.05, 3.63) is 24.0 Å². The Morgan fingerprint density at radius 3 is 2.84 bits per heavy atom. The van der Waals surface area contributed by atoms with Gasteiger partial charge in [0, 0.05) is 25.0 Å². The Bertz CT molecular complexity index is 373. The fraction of sp³-hybridized carbons (Fsp3) is 0.667. The Hall–Kier alpha value is -1.29. The van der Waals surface area contributed by atoms with Crippen LogP contribution >= 0.6 is 0 Å². The van der Waals surface area contributed by atoms with Crippen LogP contribution < -0.4 is 10.6 Å². The highest BCUT2D eigenvalue weighted by Crippen LogP contribution is 2.01. The Morgan fingerprint density at radius 2 is 2.16 bits per heavy atom. The number of nitrogens with zero attached hydrogens (tertiary/aromatic N) is 1. The lowest BCUT2D eigenvalue weighted by Crippen LogP contribution is -2.34. The summed E-state index contributed by atoms with van der Waals surface area (Å²) in [5, 5.41) is 6.37. The first kappa shape index (κ1) is 15.8. The maximum atomic E-state index is 11.8. The summed E-state index contributed by atoms with van der Waals surface area (Å²) in [6, 6.07) is 2.32. The third-order valence-electron chi connectivity index (χ3n) is 3.02. The van der Waals surface area contributed by atoms with E-state index in [2.05, 4.69) is 37.5 Å². The lowest BCUT2D eigenvalue weighted by atomic mass is 10.2. The second-order valence-electron chi connectivity index (χ2n) is 5.13. The Labute approximate surface area is 116 Å². The molecule has 0 aliphatic rings. The molecule has 0 radical (unpaired) electrons. The van der Waals surface area contributed by atoms with Gasteiger partial charge in [-0.1, -0.05) is 20.3 Å². The molecule has 1 aromatic rings. The molecule has 4 heteroatoms. The average Bonchev–Trinajstić information content (AvgIpc) is 2.77. The monoisotopic (exact) mass is 265 g/mol. The number of carbonyl (C=O) groups is 1. The predicted molar refractivity (Wildman–Crippen MR) is 78.9 cm³/mol. The number of amides is 1. The van der Waals surface area contributed by atoms with E-state index in [-0.39, 0.29) is 11.9 Å². The van der Waals surface area contributed by atoms with Crippen molar-refractivity contribution >= 4 is 5.91 Å². The van der Waals surface area contributed by atoms with Gasteiger partial charge in [-0.05, 0) is 37.9 Å². The SMILES string of the molecule is CCCNCc1ccn(CC(=O)NC(C)CCC)c1. The first-order valence-corrected chi connectivity index (χ1v) is 7.30. The zero-order chi connectivity index (χ0) is 14.1. The number of aromatic nitrogens is 1. The molecule has 1 amide bonds. The molecule has 1 unspecified atom stereocenters. The van der Waals surface area contributed by atoms with Crippen molar-refractivity contribution in [1.82, 2.24) is 15.2 Å². The van der Waals surface area contributed by atoms with E-state index in [1.165, 1.54) is 5.56 Å². The average molecular weight is 265 g/mol. The molecule has 0 aliphatic heterocycles. The van der Waals surface area contributed by atoms with Gasteiger partial charge in [-0.25, -0.2) is 0 Å².